The smallest absolute Gasteiger partial charge is 0.387 e. The molecule has 0 spiro atoms. The fourth-order valence-electron chi connectivity index (χ4n) is 3.74. The summed E-state index contributed by atoms with van der Waals surface area (Å²) in [5.41, 5.74) is 7.33. The number of amides is 1. The molecule has 0 bridgehead atoms. The fourth-order valence-corrected chi connectivity index (χ4v) is 3.74. The second-order valence-electron chi connectivity index (χ2n) is 7.61. The molecule has 7 nitrogen and oxygen atoms in total. The molecule has 1 fully saturated rings. The molecule has 0 radical (unpaired) electrons. The van der Waals surface area contributed by atoms with E-state index in [9.17, 15) is 18.7 Å². The second-order valence-corrected chi connectivity index (χ2v) is 7.61. The van der Waals surface area contributed by atoms with Crippen molar-refractivity contribution in [1.82, 2.24) is 4.98 Å². The predicted octanol–water partition coefficient (Wildman–Crippen LogP) is 4.41. The van der Waals surface area contributed by atoms with Crippen molar-refractivity contribution < 1.29 is 28.2 Å². The van der Waals surface area contributed by atoms with E-state index in [0.29, 0.717) is 41.4 Å². The standard InChI is InChI=1S/C24H23F2N3O4/c25-24(26)33-21-6-2-1-5-17(21)15-11-19(14-7-8-20(30)18(10-14)23(27)31)29-22(12-15)28-13-16-4-3-9-32-16/h1-2,5-8,10-12,16,24,30H,3-4,9,13H2,(H2,27,31)(H,28,29). The van der Waals surface area contributed by atoms with E-state index in [2.05, 4.69) is 10.3 Å². The number of primary amides is 1. The number of aromatic hydroxyl groups is 1. The van der Waals surface area contributed by atoms with Gasteiger partial charge in [0.05, 0.1) is 17.4 Å². The summed E-state index contributed by atoms with van der Waals surface area (Å²) in [6.07, 6.45) is 1.99. The number of para-hydroxylation sites is 1. The van der Waals surface area contributed by atoms with Crippen LogP contribution in [-0.4, -0.2) is 41.9 Å². The highest BCUT2D eigenvalue weighted by Gasteiger charge is 2.18. The minimum atomic E-state index is -2.97. The number of hydrogen-bond acceptors (Lipinski definition) is 6. The van der Waals surface area contributed by atoms with Gasteiger partial charge in [-0.1, -0.05) is 18.2 Å². The number of carbonyl (C=O) groups excluding carboxylic acids is 1. The number of halogens is 2. The van der Waals surface area contributed by atoms with Crippen molar-refractivity contribution in [3.05, 3.63) is 60.2 Å². The number of hydrogen-bond donors (Lipinski definition) is 3. The largest absolute Gasteiger partial charge is 0.507 e. The molecule has 0 saturated carbocycles. The Morgan fingerprint density at radius 1 is 1.21 bits per heavy atom. The molecular weight excluding hydrogens is 432 g/mol. The lowest BCUT2D eigenvalue weighted by atomic mass is 10.0. The van der Waals surface area contributed by atoms with E-state index in [1.54, 1.807) is 36.4 Å². The van der Waals surface area contributed by atoms with Crippen LogP contribution in [0.15, 0.2) is 54.6 Å². The van der Waals surface area contributed by atoms with Gasteiger partial charge in [0.1, 0.15) is 17.3 Å². The van der Waals surface area contributed by atoms with E-state index >= 15 is 0 Å². The molecule has 1 unspecified atom stereocenters. The van der Waals surface area contributed by atoms with Gasteiger partial charge in [-0.2, -0.15) is 8.78 Å². The van der Waals surface area contributed by atoms with Gasteiger partial charge in [0.15, 0.2) is 0 Å². The Morgan fingerprint density at radius 3 is 2.76 bits per heavy atom. The van der Waals surface area contributed by atoms with Crippen LogP contribution in [0.5, 0.6) is 11.5 Å². The van der Waals surface area contributed by atoms with E-state index in [1.165, 1.54) is 18.2 Å². The summed E-state index contributed by atoms with van der Waals surface area (Å²) >= 11 is 0. The van der Waals surface area contributed by atoms with E-state index < -0.39 is 12.5 Å². The van der Waals surface area contributed by atoms with Crippen molar-refractivity contribution in [1.29, 1.82) is 0 Å². The number of carbonyl (C=O) groups is 1. The zero-order chi connectivity index (χ0) is 23.4. The molecule has 1 saturated heterocycles. The molecule has 2 heterocycles. The summed E-state index contributed by atoms with van der Waals surface area (Å²) in [5, 5.41) is 13.2. The van der Waals surface area contributed by atoms with Gasteiger partial charge in [-0.25, -0.2) is 4.98 Å². The van der Waals surface area contributed by atoms with Crippen molar-refractivity contribution in [2.75, 3.05) is 18.5 Å². The normalized spacial score (nSPS) is 15.5. The molecule has 1 aromatic heterocycles. The number of benzene rings is 2. The quantitative estimate of drug-likeness (QED) is 0.465. The number of nitrogens with two attached hydrogens (primary N) is 1. The average molecular weight is 455 g/mol. The lowest BCUT2D eigenvalue weighted by Crippen LogP contribution is -2.19. The van der Waals surface area contributed by atoms with Gasteiger partial charge >= 0.3 is 6.61 Å². The summed E-state index contributed by atoms with van der Waals surface area (Å²) in [4.78, 5) is 16.3. The third-order valence-electron chi connectivity index (χ3n) is 5.33. The minimum absolute atomic E-state index is 0.0262. The maximum absolute atomic E-state index is 13.0. The van der Waals surface area contributed by atoms with Crippen LogP contribution in [0.3, 0.4) is 0 Å². The number of pyridine rings is 1. The Balaban J connectivity index is 1.78. The van der Waals surface area contributed by atoms with Crippen LogP contribution in [0, 0.1) is 0 Å². The Hall–Kier alpha value is -3.72. The minimum Gasteiger partial charge on any atom is -0.507 e. The molecule has 1 aliphatic heterocycles. The molecule has 9 heteroatoms. The Kier molecular flexibility index (Phi) is 6.69. The lowest BCUT2D eigenvalue weighted by molar-refractivity contribution is -0.0494. The van der Waals surface area contributed by atoms with Crippen LogP contribution in [0.4, 0.5) is 14.6 Å². The second kappa shape index (κ2) is 9.83. The van der Waals surface area contributed by atoms with E-state index in [0.717, 1.165) is 12.8 Å². The van der Waals surface area contributed by atoms with E-state index in [4.69, 9.17) is 15.2 Å². The van der Waals surface area contributed by atoms with E-state index in [1.807, 2.05) is 0 Å². The number of ether oxygens (including phenoxy) is 2. The Morgan fingerprint density at radius 2 is 2.03 bits per heavy atom. The van der Waals surface area contributed by atoms with Gasteiger partial charge in [0.2, 0.25) is 0 Å². The van der Waals surface area contributed by atoms with Crippen molar-refractivity contribution in [3.8, 4) is 33.9 Å². The van der Waals surface area contributed by atoms with Crippen molar-refractivity contribution in [2.24, 2.45) is 5.73 Å². The number of alkyl halides is 2. The summed E-state index contributed by atoms with van der Waals surface area (Å²) in [5.74, 6) is -0.496. The molecule has 1 atom stereocenters. The lowest BCUT2D eigenvalue weighted by Gasteiger charge is -2.16. The van der Waals surface area contributed by atoms with Crippen LogP contribution in [0.2, 0.25) is 0 Å². The van der Waals surface area contributed by atoms with Gasteiger partial charge in [0, 0.05) is 24.3 Å². The number of aromatic nitrogens is 1. The zero-order valence-corrected chi connectivity index (χ0v) is 17.6. The molecule has 4 rings (SSSR count). The van der Waals surface area contributed by atoms with Crippen LogP contribution in [-0.2, 0) is 4.74 Å². The van der Waals surface area contributed by atoms with Gasteiger partial charge in [-0.3, -0.25) is 4.79 Å². The first-order valence-corrected chi connectivity index (χ1v) is 10.5. The average Bonchev–Trinajstić information content (AvgIpc) is 3.31. The molecule has 4 N–H and O–H groups in total. The van der Waals surface area contributed by atoms with Crippen molar-refractivity contribution >= 4 is 11.7 Å². The predicted molar refractivity (Wildman–Crippen MR) is 119 cm³/mol. The number of phenols is 1. The summed E-state index contributed by atoms with van der Waals surface area (Å²) < 4.78 is 36.3. The fraction of sp³-hybridized carbons (Fsp3) is 0.250. The highest BCUT2D eigenvalue weighted by atomic mass is 19.3. The monoisotopic (exact) mass is 455 g/mol. The summed E-state index contributed by atoms with van der Waals surface area (Å²) in [6.45, 7) is -1.72. The molecular formula is C24H23F2N3O4. The van der Waals surface area contributed by atoms with Crippen LogP contribution < -0.4 is 15.8 Å². The van der Waals surface area contributed by atoms with Crippen LogP contribution >= 0.6 is 0 Å². The molecule has 172 valence electrons. The van der Waals surface area contributed by atoms with E-state index in [-0.39, 0.29) is 23.2 Å². The maximum Gasteiger partial charge on any atom is 0.387 e. The van der Waals surface area contributed by atoms with Gasteiger partial charge < -0.3 is 25.6 Å². The highest BCUT2D eigenvalue weighted by Crippen LogP contribution is 2.35. The SMILES string of the molecule is NC(=O)c1cc(-c2cc(-c3ccccc3OC(F)F)cc(NCC3CCCO3)n2)ccc1O. The maximum atomic E-state index is 13.0. The number of nitrogens with one attached hydrogen (secondary N) is 1. The Bertz CT molecular complexity index is 1150. The van der Waals surface area contributed by atoms with Crippen molar-refractivity contribution in [2.45, 2.75) is 25.6 Å². The molecule has 3 aromatic rings. The van der Waals surface area contributed by atoms with Crippen molar-refractivity contribution in [3.63, 3.8) is 0 Å². The van der Waals surface area contributed by atoms with Crippen LogP contribution in [0.25, 0.3) is 22.4 Å². The van der Waals surface area contributed by atoms with Gasteiger partial charge in [-0.15, -0.1) is 0 Å². The third-order valence-corrected chi connectivity index (χ3v) is 5.33. The molecule has 33 heavy (non-hydrogen) atoms. The number of nitrogens with zero attached hydrogens (tertiary/aromatic N) is 1. The number of anilines is 1. The topological polar surface area (TPSA) is 107 Å². The summed E-state index contributed by atoms with van der Waals surface area (Å²) in [6, 6.07) is 14.3. The molecule has 1 aliphatic rings. The van der Waals surface area contributed by atoms with Gasteiger partial charge in [0.25, 0.3) is 5.91 Å². The highest BCUT2D eigenvalue weighted by molar-refractivity contribution is 5.97. The van der Waals surface area contributed by atoms with Crippen LogP contribution in [0.1, 0.15) is 23.2 Å². The molecule has 1 amide bonds. The Labute approximate surface area is 189 Å². The molecule has 0 aliphatic carbocycles. The first-order chi connectivity index (χ1) is 15.9. The first-order valence-electron chi connectivity index (χ1n) is 10.5. The summed E-state index contributed by atoms with van der Waals surface area (Å²) in [7, 11) is 0. The number of rotatable bonds is 8. The molecule has 2 aromatic carbocycles. The first kappa shape index (κ1) is 22.5. The van der Waals surface area contributed by atoms with Gasteiger partial charge in [-0.05, 0) is 54.8 Å². The third kappa shape index (κ3) is 5.38. The zero-order valence-electron chi connectivity index (χ0n) is 17.6.